The minimum Gasteiger partial charge on any atom is -0.507 e. The van der Waals surface area contributed by atoms with E-state index >= 15 is 0 Å². The van der Waals surface area contributed by atoms with Crippen LogP contribution in [0.1, 0.15) is 110 Å². The van der Waals surface area contributed by atoms with E-state index < -0.39 is 0 Å². The quantitative estimate of drug-likeness (QED) is 0.108. The predicted octanol–water partition coefficient (Wildman–Crippen LogP) is 11.4. The Morgan fingerprint density at radius 3 is 2.35 bits per heavy atom. The van der Waals surface area contributed by atoms with Crippen molar-refractivity contribution < 1.29 is 14.3 Å². The van der Waals surface area contributed by atoms with Gasteiger partial charge in [-0.1, -0.05) is 63.9 Å². The Morgan fingerprint density at radius 2 is 1.67 bits per heavy atom. The summed E-state index contributed by atoms with van der Waals surface area (Å²) in [6.45, 7) is 16.0. The lowest BCUT2D eigenvalue weighted by molar-refractivity contribution is 0.102. The number of aromatic nitrogens is 1. The summed E-state index contributed by atoms with van der Waals surface area (Å²) in [6, 6.07) is 24.5. The van der Waals surface area contributed by atoms with E-state index in [4.69, 9.17) is 0 Å². The number of hydrogen-bond donors (Lipinski definition) is 2. The largest absolute Gasteiger partial charge is 0.507 e. The highest BCUT2D eigenvalue weighted by molar-refractivity contribution is 6.04. The number of phenols is 1. The number of anilines is 1. The lowest BCUT2D eigenvalue weighted by Crippen LogP contribution is -2.28. The van der Waals surface area contributed by atoms with E-state index in [9.17, 15) is 14.3 Å². The highest BCUT2D eigenvalue weighted by Crippen LogP contribution is 2.46. The summed E-state index contributed by atoms with van der Waals surface area (Å²) in [4.78, 5) is 16.0. The number of carbonyl (C=O) groups is 1. The minimum atomic E-state index is -0.312. The molecule has 6 heteroatoms. The number of nitrogens with one attached hydrogen (secondary N) is 1. The number of fused-ring (bicyclic) bond motifs is 1. The second kappa shape index (κ2) is 16.9. The van der Waals surface area contributed by atoms with Crippen LogP contribution in [0.5, 0.6) is 5.75 Å². The molecule has 1 aromatic heterocycles. The number of benzene rings is 4. The number of rotatable bonds is 16. The number of halogens is 1. The molecule has 0 radical (unpaired) electrons. The lowest BCUT2D eigenvalue weighted by Gasteiger charge is -2.29. The third kappa shape index (κ3) is 8.61. The summed E-state index contributed by atoms with van der Waals surface area (Å²) in [6.07, 6.45) is 8.86. The van der Waals surface area contributed by atoms with E-state index in [0.717, 1.165) is 67.8 Å². The lowest BCUT2D eigenvalue weighted by atomic mass is 9.76. The molecule has 1 atom stereocenters. The maximum absolute atomic E-state index is 13.6. The van der Waals surface area contributed by atoms with Crippen LogP contribution >= 0.6 is 0 Å². The van der Waals surface area contributed by atoms with Gasteiger partial charge in [0, 0.05) is 46.0 Å². The fourth-order valence-electron chi connectivity index (χ4n) is 7.71. The third-order valence-electron chi connectivity index (χ3n) is 11.4. The molecule has 1 amide bonds. The Bertz CT molecular complexity index is 1970. The van der Waals surface area contributed by atoms with Gasteiger partial charge in [0.2, 0.25) is 0 Å². The van der Waals surface area contributed by atoms with Crippen LogP contribution in [0.4, 0.5) is 10.1 Å². The molecule has 5 aromatic rings. The van der Waals surface area contributed by atoms with Crippen LogP contribution in [0.2, 0.25) is 0 Å². The van der Waals surface area contributed by atoms with E-state index in [-0.39, 0.29) is 17.5 Å². The van der Waals surface area contributed by atoms with Crippen LogP contribution in [0.25, 0.3) is 22.0 Å². The van der Waals surface area contributed by atoms with Crippen LogP contribution in [-0.4, -0.2) is 40.1 Å². The zero-order valence-electron chi connectivity index (χ0n) is 31.8. The van der Waals surface area contributed by atoms with Crippen molar-refractivity contribution in [2.75, 3.05) is 25.0 Å². The maximum Gasteiger partial charge on any atom is 0.255 e. The van der Waals surface area contributed by atoms with E-state index in [2.05, 4.69) is 67.6 Å². The number of aromatic hydroxyl groups is 1. The topological polar surface area (TPSA) is 57.5 Å². The van der Waals surface area contributed by atoms with Crippen LogP contribution in [0.15, 0.2) is 78.9 Å². The highest BCUT2D eigenvalue weighted by atomic mass is 19.1. The summed E-state index contributed by atoms with van der Waals surface area (Å²) < 4.78 is 16.1. The standard InChI is InChI=1S/C46H56FN3O2/c1-6-23-49(26-22-31(3)7-2)24-9-25-50-33(5)32(4)41-28-35(14-21-43(41)50)27-34-12-15-38(16-13-34)46(52)48-40-29-42(36-10-8-11-36)45(44(51)30-40)37-17-19-39(47)20-18-37/h12-21,28-31,36,51H,6-11,22-27H2,1-5H3,(H,48,52). The summed E-state index contributed by atoms with van der Waals surface area (Å²) in [5.74, 6) is 0.648. The summed E-state index contributed by atoms with van der Waals surface area (Å²) in [7, 11) is 0. The molecule has 6 rings (SSSR count). The molecule has 0 bridgehead atoms. The van der Waals surface area contributed by atoms with Gasteiger partial charge in [0.15, 0.2) is 0 Å². The van der Waals surface area contributed by atoms with Crippen molar-refractivity contribution in [3.05, 3.63) is 118 Å². The predicted molar refractivity (Wildman–Crippen MR) is 214 cm³/mol. The number of hydrogen-bond acceptors (Lipinski definition) is 3. The molecule has 1 fully saturated rings. The van der Waals surface area contributed by atoms with Crippen molar-refractivity contribution in [1.82, 2.24) is 9.47 Å². The first-order valence-electron chi connectivity index (χ1n) is 19.5. The minimum absolute atomic E-state index is 0.0884. The monoisotopic (exact) mass is 701 g/mol. The second-order valence-corrected chi connectivity index (χ2v) is 15.1. The highest BCUT2D eigenvalue weighted by Gasteiger charge is 2.26. The first-order valence-corrected chi connectivity index (χ1v) is 19.5. The number of aryl methyl sites for hydroxylation is 2. The first kappa shape index (κ1) is 37.3. The Hall–Kier alpha value is -4.42. The molecule has 5 nitrogen and oxygen atoms in total. The molecule has 0 aliphatic heterocycles. The van der Waals surface area contributed by atoms with E-state index in [1.165, 1.54) is 72.2 Å². The smallest absolute Gasteiger partial charge is 0.255 e. The SMILES string of the molecule is CCCN(CCCn1c(C)c(C)c2cc(Cc3ccc(C(=O)Nc4cc(O)c(-c5ccc(F)cc5)c(C5CCC5)c4)cc3)ccc21)CCC(C)CC. The molecule has 1 unspecified atom stereocenters. The molecule has 1 aliphatic carbocycles. The van der Waals surface area contributed by atoms with E-state index in [1.807, 2.05) is 30.3 Å². The van der Waals surface area contributed by atoms with Crippen molar-refractivity contribution in [2.24, 2.45) is 5.92 Å². The number of phenolic OH excluding ortho intramolecular Hbond substituents is 1. The van der Waals surface area contributed by atoms with Crippen LogP contribution in [0.3, 0.4) is 0 Å². The molecule has 52 heavy (non-hydrogen) atoms. The van der Waals surface area contributed by atoms with Crippen molar-refractivity contribution >= 4 is 22.5 Å². The van der Waals surface area contributed by atoms with Gasteiger partial charge in [-0.05, 0) is 154 Å². The average Bonchev–Trinajstić information content (AvgIpc) is 3.34. The van der Waals surface area contributed by atoms with Gasteiger partial charge in [-0.15, -0.1) is 0 Å². The van der Waals surface area contributed by atoms with Gasteiger partial charge in [0.25, 0.3) is 5.91 Å². The average molecular weight is 702 g/mol. The van der Waals surface area contributed by atoms with Gasteiger partial charge in [-0.2, -0.15) is 0 Å². The summed E-state index contributed by atoms with van der Waals surface area (Å²) in [5.41, 5.74) is 10.0. The molecule has 2 N–H and O–H groups in total. The van der Waals surface area contributed by atoms with Crippen molar-refractivity contribution in [1.29, 1.82) is 0 Å². The van der Waals surface area contributed by atoms with Gasteiger partial charge >= 0.3 is 0 Å². The molecular formula is C46H56FN3O2. The second-order valence-electron chi connectivity index (χ2n) is 15.1. The Kier molecular flexibility index (Phi) is 12.2. The van der Waals surface area contributed by atoms with E-state index in [0.29, 0.717) is 22.7 Å². The van der Waals surface area contributed by atoms with Crippen LogP contribution in [0, 0.1) is 25.6 Å². The van der Waals surface area contributed by atoms with E-state index in [1.54, 1.807) is 18.2 Å². The Labute approximate surface area is 309 Å². The number of amides is 1. The fraction of sp³-hybridized carbons (Fsp3) is 0.413. The fourth-order valence-corrected chi connectivity index (χ4v) is 7.71. The van der Waals surface area contributed by atoms with Crippen molar-refractivity contribution in [3.8, 4) is 16.9 Å². The van der Waals surface area contributed by atoms with Gasteiger partial charge < -0.3 is 19.9 Å². The molecule has 4 aromatic carbocycles. The van der Waals surface area contributed by atoms with Crippen LogP contribution < -0.4 is 5.32 Å². The van der Waals surface area contributed by atoms with Gasteiger partial charge in [0.05, 0.1) is 0 Å². The summed E-state index contributed by atoms with van der Waals surface area (Å²) >= 11 is 0. The van der Waals surface area contributed by atoms with Crippen LogP contribution in [-0.2, 0) is 13.0 Å². The molecule has 274 valence electrons. The normalized spacial score (nSPS) is 13.8. The van der Waals surface area contributed by atoms with Gasteiger partial charge in [-0.25, -0.2) is 4.39 Å². The van der Waals surface area contributed by atoms with Gasteiger partial charge in [0.1, 0.15) is 11.6 Å². The maximum atomic E-state index is 13.6. The van der Waals surface area contributed by atoms with Gasteiger partial charge in [-0.3, -0.25) is 4.79 Å². The molecule has 1 saturated carbocycles. The third-order valence-corrected chi connectivity index (χ3v) is 11.4. The first-order chi connectivity index (χ1) is 25.1. The number of nitrogens with zero attached hydrogens (tertiary/aromatic N) is 2. The Morgan fingerprint density at radius 1 is 0.942 bits per heavy atom. The molecule has 0 spiro atoms. The zero-order chi connectivity index (χ0) is 36.8. The molecule has 0 saturated heterocycles. The van der Waals surface area contributed by atoms with Crippen molar-refractivity contribution in [2.45, 2.75) is 98.4 Å². The molecular weight excluding hydrogens is 646 g/mol. The summed E-state index contributed by atoms with van der Waals surface area (Å²) in [5, 5.41) is 15.4. The zero-order valence-corrected chi connectivity index (χ0v) is 31.8. The van der Waals surface area contributed by atoms with Crippen molar-refractivity contribution in [3.63, 3.8) is 0 Å². The molecule has 1 aliphatic rings. The Balaban J connectivity index is 1.10. The molecule has 1 heterocycles. The number of carbonyl (C=O) groups excluding carboxylic acids is 1.